The summed E-state index contributed by atoms with van der Waals surface area (Å²) >= 11 is 8.78. The highest BCUT2D eigenvalue weighted by molar-refractivity contribution is 7.79. The Morgan fingerprint density at radius 3 is 1.67 bits per heavy atom. The third kappa shape index (κ3) is 2.21. The van der Waals surface area contributed by atoms with E-state index in [1.807, 2.05) is 0 Å². The van der Waals surface area contributed by atoms with Gasteiger partial charge in [-0.05, 0) is 34.4 Å². The number of fused-ring (bicyclic) bond motifs is 6. The van der Waals surface area contributed by atoms with Gasteiger partial charge in [-0.25, -0.2) is 0 Å². The molecular formula is C17H18N2S2. The Morgan fingerprint density at radius 2 is 1.24 bits per heavy atom. The fraction of sp³-hybridized carbons (Fsp3) is 0.294. The summed E-state index contributed by atoms with van der Waals surface area (Å²) in [5, 5.41) is 0. The van der Waals surface area contributed by atoms with Gasteiger partial charge in [0.1, 0.15) is 0 Å². The molecule has 0 amide bonds. The maximum Gasteiger partial charge on any atom is 0.0910 e. The van der Waals surface area contributed by atoms with Crippen LogP contribution in [0.15, 0.2) is 36.4 Å². The van der Waals surface area contributed by atoms with Gasteiger partial charge >= 0.3 is 0 Å². The minimum absolute atomic E-state index is 0.801. The Kier molecular flexibility index (Phi) is 3.31. The van der Waals surface area contributed by atoms with Crippen molar-refractivity contribution >= 4 is 36.6 Å². The van der Waals surface area contributed by atoms with E-state index in [0.717, 1.165) is 31.3 Å². The van der Waals surface area contributed by atoms with Crippen molar-refractivity contribution < 1.29 is 0 Å². The first kappa shape index (κ1) is 13.4. The molecule has 0 aromatic heterocycles. The topological polar surface area (TPSA) is 6.48 Å². The molecule has 0 aliphatic carbocycles. The number of hydrogen-bond acceptors (Lipinski definition) is 4. The summed E-state index contributed by atoms with van der Waals surface area (Å²) in [6, 6.07) is 13.5. The van der Waals surface area contributed by atoms with Crippen LogP contribution in [-0.2, 0) is 24.6 Å². The van der Waals surface area contributed by atoms with Gasteiger partial charge in [-0.1, -0.05) is 24.3 Å². The zero-order valence-corrected chi connectivity index (χ0v) is 13.6. The summed E-state index contributed by atoms with van der Waals surface area (Å²) in [5.41, 5.74) is 8.17. The Bertz CT molecular complexity index is 640. The third-order valence-corrected chi connectivity index (χ3v) is 5.13. The normalized spacial score (nSPS) is 15.7. The van der Waals surface area contributed by atoms with E-state index in [4.69, 9.17) is 0 Å². The van der Waals surface area contributed by atoms with Gasteiger partial charge in [-0.3, -0.25) is 0 Å². The average Bonchev–Trinajstić information content (AvgIpc) is 2.53. The molecule has 2 bridgehead atoms. The molecular weight excluding hydrogens is 296 g/mol. The maximum atomic E-state index is 4.39. The smallest absolute Gasteiger partial charge is 0.0910 e. The van der Waals surface area contributed by atoms with Crippen LogP contribution in [0.25, 0.3) is 0 Å². The molecule has 21 heavy (non-hydrogen) atoms. The van der Waals surface area contributed by atoms with E-state index < -0.39 is 0 Å². The quantitative estimate of drug-likeness (QED) is 0.813. The molecule has 2 aliphatic heterocycles. The molecule has 0 radical (unpaired) electrons. The van der Waals surface area contributed by atoms with E-state index in [-0.39, 0.29) is 0 Å². The molecule has 2 aliphatic rings. The van der Waals surface area contributed by atoms with Gasteiger partial charge in [0.2, 0.25) is 0 Å². The molecule has 108 valence electrons. The monoisotopic (exact) mass is 314 g/mol. The predicted octanol–water partition coefficient (Wildman–Crippen LogP) is 3.84. The van der Waals surface area contributed by atoms with E-state index in [1.54, 1.807) is 0 Å². The first-order valence-corrected chi connectivity index (χ1v) is 8.50. The van der Waals surface area contributed by atoms with Crippen molar-refractivity contribution in [3.8, 4) is 0 Å². The lowest BCUT2D eigenvalue weighted by atomic mass is 9.99. The first-order chi connectivity index (χ1) is 10.3. The van der Waals surface area contributed by atoms with Gasteiger partial charge in [-0.15, -0.1) is 0 Å². The third-order valence-electron chi connectivity index (χ3n) is 4.40. The summed E-state index contributed by atoms with van der Waals surface area (Å²) in [7, 11) is 0. The number of rotatable bonds is 2. The van der Waals surface area contributed by atoms with Crippen LogP contribution in [0.4, 0.5) is 11.4 Å². The van der Waals surface area contributed by atoms with E-state index >= 15 is 0 Å². The minimum atomic E-state index is 0.801. The van der Waals surface area contributed by atoms with E-state index in [2.05, 4.69) is 71.5 Å². The zero-order valence-electron chi connectivity index (χ0n) is 11.8. The highest BCUT2D eigenvalue weighted by Crippen LogP contribution is 2.38. The van der Waals surface area contributed by atoms with Crippen LogP contribution in [0.1, 0.15) is 22.3 Å². The van der Waals surface area contributed by atoms with E-state index in [9.17, 15) is 0 Å². The molecule has 0 saturated heterocycles. The molecule has 4 heteroatoms. The summed E-state index contributed by atoms with van der Waals surface area (Å²) in [5.74, 6) is 1.60. The molecule has 0 fully saturated rings. The number of benzene rings is 2. The van der Waals surface area contributed by atoms with Crippen molar-refractivity contribution in [1.29, 1.82) is 0 Å². The van der Waals surface area contributed by atoms with E-state index in [0.29, 0.717) is 0 Å². The Morgan fingerprint density at radius 1 is 0.762 bits per heavy atom. The van der Waals surface area contributed by atoms with Gasteiger partial charge in [0.15, 0.2) is 0 Å². The van der Waals surface area contributed by atoms with Gasteiger partial charge in [0, 0.05) is 36.0 Å². The maximum absolute atomic E-state index is 4.39. The van der Waals surface area contributed by atoms with Crippen molar-refractivity contribution in [3.63, 3.8) is 0 Å². The number of thiol groups is 2. The SMILES string of the molecule is SCc1ccc2c(c1)CN1CN2Cc2cc(CS)ccc21. The zero-order chi connectivity index (χ0) is 14.4. The minimum Gasteiger partial charge on any atom is -0.349 e. The van der Waals surface area contributed by atoms with Crippen molar-refractivity contribution in [2.24, 2.45) is 0 Å². The lowest BCUT2D eigenvalue weighted by molar-refractivity contribution is 0.650. The molecule has 2 nitrogen and oxygen atoms in total. The van der Waals surface area contributed by atoms with Crippen LogP contribution in [0.3, 0.4) is 0 Å². The second-order valence-corrected chi connectivity index (χ2v) is 6.41. The lowest BCUT2D eigenvalue weighted by Crippen LogP contribution is -2.46. The number of hydrogen-bond donors (Lipinski definition) is 2. The predicted molar refractivity (Wildman–Crippen MR) is 95.5 cm³/mol. The van der Waals surface area contributed by atoms with Crippen LogP contribution in [0.2, 0.25) is 0 Å². The molecule has 0 spiro atoms. The fourth-order valence-electron chi connectivity index (χ4n) is 3.38. The van der Waals surface area contributed by atoms with Crippen LogP contribution in [-0.4, -0.2) is 6.67 Å². The Labute approximate surface area is 136 Å². The fourth-order valence-corrected chi connectivity index (χ4v) is 3.78. The first-order valence-electron chi connectivity index (χ1n) is 7.23. The summed E-state index contributed by atoms with van der Waals surface area (Å²) in [6.07, 6.45) is 0. The Balaban J connectivity index is 1.76. The highest BCUT2D eigenvalue weighted by atomic mass is 32.1. The molecule has 4 rings (SSSR count). The van der Waals surface area contributed by atoms with Crippen molar-refractivity contribution in [2.75, 3.05) is 16.5 Å². The molecule has 0 unspecified atom stereocenters. The van der Waals surface area contributed by atoms with Crippen LogP contribution in [0, 0.1) is 0 Å². The number of nitrogens with zero attached hydrogens (tertiary/aromatic N) is 2. The molecule has 0 atom stereocenters. The second-order valence-electron chi connectivity index (χ2n) is 5.78. The van der Waals surface area contributed by atoms with Crippen LogP contribution in [0.5, 0.6) is 0 Å². The van der Waals surface area contributed by atoms with E-state index in [1.165, 1.54) is 33.6 Å². The van der Waals surface area contributed by atoms with Gasteiger partial charge in [0.05, 0.1) is 6.67 Å². The molecule has 2 aromatic rings. The number of anilines is 2. The average molecular weight is 314 g/mol. The summed E-state index contributed by atoms with van der Waals surface area (Å²) in [4.78, 5) is 4.93. The largest absolute Gasteiger partial charge is 0.349 e. The molecule has 0 N–H and O–H groups in total. The molecule has 0 saturated carbocycles. The Hall–Kier alpha value is -1.26. The van der Waals surface area contributed by atoms with Crippen molar-refractivity contribution in [1.82, 2.24) is 0 Å². The second kappa shape index (κ2) is 5.18. The van der Waals surface area contributed by atoms with Crippen molar-refractivity contribution in [3.05, 3.63) is 58.7 Å². The summed E-state index contributed by atoms with van der Waals surface area (Å²) < 4.78 is 0. The lowest BCUT2D eigenvalue weighted by Gasteiger charge is -2.45. The summed E-state index contributed by atoms with van der Waals surface area (Å²) in [6.45, 7) is 2.96. The van der Waals surface area contributed by atoms with Crippen molar-refractivity contribution in [2.45, 2.75) is 24.6 Å². The highest BCUT2D eigenvalue weighted by Gasteiger charge is 2.29. The van der Waals surface area contributed by atoms with Gasteiger partial charge in [0.25, 0.3) is 0 Å². The van der Waals surface area contributed by atoms with Gasteiger partial charge in [-0.2, -0.15) is 25.3 Å². The van der Waals surface area contributed by atoms with Gasteiger partial charge < -0.3 is 9.80 Å². The standard InChI is InChI=1S/C17H18N2S2/c20-9-12-1-3-16-14(5-12)7-19-11-18(16)8-15-6-13(10-21)2-4-17(15)19/h1-6,20-21H,7-11H2. The molecule has 2 aromatic carbocycles. The molecule has 2 heterocycles. The van der Waals surface area contributed by atoms with Crippen LogP contribution >= 0.6 is 25.3 Å². The van der Waals surface area contributed by atoms with Crippen LogP contribution < -0.4 is 9.80 Å².